The summed E-state index contributed by atoms with van der Waals surface area (Å²) >= 11 is 1.43. The maximum Gasteiger partial charge on any atom is 0.320 e. The van der Waals surface area contributed by atoms with Gasteiger partial charge in [-0.05, 0) is 92.6 Å². The number of carbonyl (C=O) groups excluding carboxylic acids is 3. The van der Waals surface area contributed by atoms with E-state index in [1.807, 2.05) is 101 Å². The highest BCUT2D eigenvalue weighted by atomic mass is 32.2. The Morgan fingerprint density at radius 2 is 1.41 bits per heavy atom. The third-order valence-electron chi connectivity index (χ3n) is 15.3. The number of hydrogen-bond donors (Lipinski definition) is 0. The highest BCUT2D eigenvalue weighted by molar-refractivity contribution is 7.99. The molecule has 66 heavy (non-hydrogen) atoms. The zero-order valence-corrected chi connectivity index (χ0v) is 43.5. The molecule has 4 saturated heterocycles. The minimum absolute atomic E-state index is 0.0431. The van der Waals surface area contributed by atoms with E-state index in [9.17, 15) is 4.79 Å². The van der Waals surface area contributed by atoms with Crippen molar-refractivity contribution in [2.24, 2.45) is 29.6 Å². The van der Waals surface area contributed by atoms with Crippen molar-refractivity contribution in [2.45, 2.75) is 184 Å². The second-order valence-corrected chi connectivity index (χ2v) is 21.2. The Kier molecular flexibility index (Phi) is 18.7. The molecule has 0 amide bonds. The Morgan fingerprint density at radius 1 is 0.773 bits per heavy atom. The molecule has 15 nitrogen and oxygen atoms in total. The summed E-state index contributed by atoms with van der Waals surface area (Å²) in [5.74, 6) is -3.38. The predicted molar refractivity (Wildman–Crippen MR) is 250 cm³/mol. The van der Waals surface area contributed by atoms with E-state index in [2.05, 4.69) is 4.90 Å². The van der Waals surface area contributed by atoms with Crippen LogP contribution in [-0.4, -0.2) is 156 Å². The lowest BCUT2D eigenvalue weighted by molar-refractivity contribution is -0.322. The number of hydrogen-bond acceptors (Lipinski definition) is 16. The Labute approximate surface area is 398 Å². The molecule has 0 aromatic heterocycles. The molecule has 4 fully saturated rings. The van der Waals surface area contributed by atoms with Crippen molar-refractivity contribution < 1.29 is 66.5 Å². The Bertz CT molecular complexity index is 1770. The van der Waals surface area contributed by atoms with Crippen molar-refractivity contribution in [1.29, 1.82) is 0 Å². The van der Waals surface area contributed by atoms with Crippen molar-refractivity contribution in [2.75, 3.05) is 49.6 Å². The van der Waals surface area contributed by atoms with E-state index in [-0.39, 0.29) is 30.8 Å². The summed E-state index contributed by atoms with van der Waals surface area (Å²) in [5, 5.41) is -0.736. The molecular weight excluding hydrogens is 871 g/mol. The Morgan fingerprint density at radius 3 is 1.97 bits per heavy atom. The number of Topliss-reactive ketones (excluding diaryl/α,β-unsaturated/α-hetero) is 1. The number of esters is 2. The molecule has 0 aliphatic carbocycles. The molecule has 0 spiro atoms. The van der Waals surface area contributed by atoms with Gasteiger partial charge >= 0.3 is 11.9 Å². The molecule has 4 heterocycles. The molecule has 0 radical (unpaired) electrons. The maximum absolute atomic E-state index is 15.1. The number of thioether (sulfide) groups is 1. The Hall–Kier alpha value is -2.38. The van der Waals surface area contributed by atoms with Gasteiger partial charge in [0.1, 0.15) is 35.1 Å². The third-order valence-corrected chi connectivity index (χ3v) is 16.7. The van der Waals surface area contributed by atoms with Crippen LogP contribution in [0.2, 0.25) is 0 Å². The summed E-state index contributed by atoms with van der Waals surface area (Å²) in [6, 6.07) is 7.62. The molecule has 3 unspecified atom stereocenters. The van der Waals surface area contributed by atoms with Crippen molar-refractivity contribution in [1.82, 2.24) is 4.90 Å². The van der Waals surface area contributed by atoms with Crippen LogP contribution in [0.15, 0.2) is 24.3 Å². The number of cyclic esters (lactones) is 1. The molecule has 1 aromatic rings. The summed E-state index contributed by atoms with van der Waals surface area (Å²) in [6.07, 6.45) is -4.34. The third kappa shape index (κ3) is 11.3. The summed E-state index contributed by atoms with van der Waals surface area (Å²) in [5.41, 5.74) is -2.34. The molecule has 19 atom stereocenters. The van der Waals surface area contributed by atoms with E-state index < -0.39 is 113 Å². The van der Waals surface area contributed by atoms with E-state index >= 15 is 9.59 Å². The Balaban J connectivity index is 1.64. The van der Waals surface area contributed by atoms with Crippen molar-refractivity contribution >= 4 is 29.5 Å². The van der Waals surface area contributed by atoms with Crippen LogP contribution < -0.4 is 4.74 Å². The van der Waals surface area contributed by atoms with E-state index in [1.165, 1.54) is 11.8 Å². The van der Waals surface area contributed by atoms with Crippen LogP contribution in [0.3, 0.4) is 0 Å². The molecule has 0 N–H and O–H groups in total. The topological polar surface area (TPSA) is 156 Å². The van der Waals surface area contributed by atoms with Gasteiger partial charge in [-0.3, -0.25) is 14.4 Å². The molecule has 0 saturated carbocycles. The van der Waals surface area contributed by atoms with Crippen LogP contribution in [0.25, 0.3) is 0 Å². The van der Waals surface area contributed by atoms with Crippen molar-refractivity contribution in [3.8, 4) is 5.75 Å². The van der Waals surface area contributed by atoms with Gasteiger partial charge in [0.05, 0.1) is 48.6 Å². The predicted octanol–water partition coefficient (Wildman–Crippen LogP) is 6.88. The maximum atomic E-state index is 15.1. The number of benzene rings is 1. The quantitative estimate of drug-likeness (QED) is 0.178. The monoisotopic (exact) mass is 952 g/mol. The standard InChI is InChI=1S/C50H81NO14S/c1-18-36-50(10)38(42(46(54)65-50)66-26-33-19-21-34(55-13)22-20-33)29(4)39(52)27(2)24-48(8,58-16)43(64-47-41(56-14)35(51(11)12)23-28(3)60-47)30(5)40(31(6)45(53)62-36)63-37-25-49(9,59-17)44(57-15)32(7)61-37/h19-22,27-32,35-38,40-44,47H,18,23-26H2,1-17H3/t27-,28-,29?,30+,31-,32+,35+,36-,37+,38?,40+,41-,42?,43-,44+,47+,48-,49-,50-/m1/s1. The fraction of sp³-hybridized carbons (Fsp3) is 0.820. The van der Waals surface area contributed by atoms with Gasteiger partial charge < -0.3 is 57.0 Å². The van der Waals surface area contributed by atoms with Crippen LogP contribution >= 0.6 is 11.8 Å². The zero-order valence-electron chi connectivity index (χ0n) is 42.7. The van der Waals surface area contributed by atoms with Crippen LogP contribution in [0, 0.1) is 29.6 Å². The molecule has 5 rings (SSSR count). The van der Waals surface area contributed by atoms with E-state index in [1.54, 1.807) is 42.5 Å². The highest BCUT2D eigenvalue weighted by Gasteiger charge is 2.62. The first kappa shape index (κ1) is 54.6. The smallest absolute Gasteiger partial charge is 0.320 e. The molecule has 1 aromatic carbocycles. The van der Waals surface area contributed by atoms with Gasteiger partial charge in [0.15, 0.2) is 18.2 Å². The van der Waals surface area contributed by atoms with E-state index in [4.69, 9.17) is 52.1 Å². The van der Waals surface area contributed by atoms with Gasteiger partial charge in [-0.25, -0.2) is 0 Å². The zero-order chi connectivity index (χ0) is 49.1. The van der Waals surface area contributed by atoms with Gasteiger partial charge in [-0.2, -0.15) is 0 Å². The van der Waals surface area contributed by atoms with E-state index in [0.717, 1.165) is 11.3 Å². The first-order valence-corrected chi connectivity index (χ1v) is 24.8. The lowest BCUT2D eigenvalue weighted by atomic mass is 9.70. The van der Waals surface area contributed by atoms with Crippen LogP contribution in [0.1, 0.15) is 100 Å². The molecular formula is C50H81NO14S. The van der Waals surface area contributed by atoms with Crippen molar-refractivity contribution in [3.05, 3.63) is 29.8 Å². The largest absolute Gasteiger partial charge is 0.497 e. The highest BCUT2D eigenvalue weighted by Crippen LogP contribution is 2.50. The number of rotatable bonds is 14. The molecule has 0 bridgehead atoms. The van der Waals surface area contributed by atoms with Gasteiger partial charge in [0.2, 0.25) is 0 Å². The first-order valence-electron chi connectivity index (χ1n) is 23.7. The van der Waals surface area contributed by atoms with Crippen molar-refractivity contribution in [3.63, 3.8) is 0 Å². The van der Waals surface area contributed by atoms with Gasteiger partial charge in [0, 0.05) is 70.3 Å². The average Bonchev–Trinajstić information content (AvgIpc) is 3.55. The normalized spacial score (nSPS) is 42.9. The number of fused-ring (bicyclic) bond motifs is 1. The lowest BCUT2D eigenvalue weighted by Crippen LogP contribution is -2.61. The fourth-order valence-electron chi connectivity index (χ4n) is 11.5. The fourth-order valence-corrected chi connectivity index (χ4v) is 12.9. The molecule has 16 heteroatoms. The van der Waals surface area contributed by atoms with Gasteiger partial charge in [0.25, 0.3) is 0 Å². The lowest BCUT2D eigenvalue weighted by Gasteiger charge is -2.50. The second-order valence-electron chi connectivity index (χ2n) is 20.1. The summed E-state index contributed by atoms with van der Waals surface area (Å²) < 4.78 is 70.4. The average molecular weight is 952 g/mol. The number of ether oxygens (including phenoxy) is 11. The number of ketones is 1. The van der Waals surface area contributed by atoms with Gasteiger partial charge in [-0.15, -0.1) is 11.8 Å². The summed E-state index contributed by atoms with van der Waals surface area (Å²) in [6.45, 7) is 19.0. The number of likely N-dealkylation sites (N-methyl/N-ethyl adjacent to an activating group) is 1. The van der Waals surface area contributed by atoms with Gasteiger partial charge in [-0.1, -0.05) is 39.8 Å². The number of methoxy groups -OCH3 is 5. The van der Waals surface area contributed by atoms with E-state index in [0.29, 0.717) is 18.6 Å². The molecule has 4 aliphatic rings. The number of nitrogens with zero attached hydrogens (tertiary/aromatic N) is 1. The molecule has 4 aliphatic heterocycles. The van der Waals surface area contributed by atoms with Crippen LogP contribution in [0.4, 0.5) is 0 Å². The first-order chi connectivity index (χ1) is 31.1. The van der Waals surface area contributed by atoms with Crippen LogP contribution in [0.5, 0.6) is 5.75 Å². The number of carbonyl (C=O) groups is 3. The molecule has 376 valence electrons. The minimum Gasteiger partial charge on any atom is -0.497 e. The SMILES string of the molecule is CC[C@H]1OC(=O)[C@H](C)[C@@H](O[C@H]2C[C@@](C)(OC)[C@@H](OC)[C@H](C)O2)[C@H](C)[C@@H](O[C@@H]2O[C@H](C)C[C@H](N(C)C)[C@H]2OC)[C@](C)(OC)C[C@@H](C)C(=O)C(C)C2C(SCc3ccc(OC)cc3)C(=O)O[C@@]21C. The van der Waals surface area contributed by atoms with Crippen LogP contribution in [-0.2, 0) is 67.5 Å². The summed E-state index contributed by atoms with van der Waals surface area (Å²) in [7, 11) is 12.2. The second kappa shape index (κ2) is 22.6. The minimum atomic E-state index is -1.35. The summed E-state index contributed by atoms with van der Waals surface area (Å²) in [4.78, 5) is 46.5.